The van der Waals surface area contributed by atoms with E-state index in [1.54, 1.807) is 94.4 Å². The number of rotatable bonds is 11. The topological polar surface area (TPSA) is 345 Å². The first kappa shape index (κ1) is 51.3. The Labute approximate surface area is 375 Å². The second kappa shape index (κ2) is 26.4. The minimum absolute atomic E-state index is 0.0544. The van der Waals surface area contributed by atoms with Gasteiger partial charge in [0.05, 0.1) is 38.6 Å². The highest BCUT2D eigenvalue weighted by Gasteiger charge is 2.19. The molecule has 7 heterocycles. The van der Waals surface area contributed by atoms with Crippen LogP contribution in [0.1, 0.15) is 68.8 Å². The minimum atomic E-state index is -1.05. The minimum Gasteiger partial charge on any atom is -0.477 e. The molecule has 344 valence electrons. The number of hydrogen-bond acceptors (Lipinski definition) is 22. The van der Waals surface area contributed by atoms with Gasteiger partial charge in [0.25, 0.3) is 17.8 Å². The third-order valence-corrected chi connectivity index (χ3v) is 7.39. The molecule has 0 aliphatic rings. The second-order valence-corrected chi connectivity index (χ2v) is 12.4. The van der Waals surface area contributed by atoms with Crippen molar-refractivity contribution in [1.82, 2.24) is 69.2 Å². The lowest BCUT2D eigenvalue weighted by Gasteiger charge is -2.04. The van der Waals surface area contributed by atoms with Crippen molar-refractivity contribution in [3.05, 3.63) is 126 Å². The summed E-state index contributed by atoms with van der Waals surface area (Å²) in [7, 11) is 2.41. The summed E-state index contributed by atoms with van der Waals surface area (Å²) in [5, 5.41) is 21.2. The maximum Gasteiger partial charge on any atom is 0.374 e. The predicted octanol–water partition coefficient (Wildman–Crippen LogP) is 2.04. The Balaban J connectivity index is 0.000000224. The summed E-state index contributed by atoms with van der Waals surface area (Å²) in [6, 6.07) is 11.5. The number of carboxylic acid groups (broad SMARTS) is 1. The molecule has 0 aromatic carbocycles. The number of esters is 3. The van der Waals surface area contributed by atoms with E-state index in [2.05, 4.69) is 70.1 Å². The van der Waals surface area contributed by atoms with Crippen molar-refractivity contribution in [1.29, 1.82) is 0 Å². The summed E-state index contributed by atoms with van der Waals surface area (Å²) in [4.78, 5) is 96.5. The molecule has 0 saturated heterocycles. The van der Waals surface area contributed by atoms with Crippen LogP contribution in [0, 0.1) is 20.8 Å². The van der Waals surface area contributed by atoms with Crippen molar-refractivity contribution in [2.24, 2.45) is 5.84 Å². The lowest BCUT2D eigenvalue weighted by Crippen LogP contribution is -2.17. The van der Waals surface area contributed by atoms with Gasteiger partial charge in [-0.15, -0.1) is 0 Å². The SMILES string of the molecule is CCOC(=O)c1cc(C)nn1-c1ncccn1.COC(=O)C(=O)CC(C)=O.COC(=O)c1cc(C)n(-c2ncccn2)n1.Cc1cc(C(=O)O)n(-c2ncccn2)n1.NNc1ncccn1. The number of ketones is 2. The Morgan fingerprint density at radius 2 is 1.06 bits per heavy atom. The molecule has 7 aromatic heterocycles. The Bertz CT molecular complexity index is 2660. The number of aryl methyl sites for hydroxylation is 3. The van der Waals surface area contributed by atoms with Gasteiger partial charge in [-0.2, -0.15) is 24.7 Å². The molecule has 7 aromatic rings. The number of carbonyl (C=O) groups excluding carboxylic acids is 5. The summed E-state index contributed by atoms with van der Waals surface area (Å²) in [6.45, 7) is 8.63. The zero-order valence-electron chi connectivity index (χ0n) is 36.5. The van der Waals surface area contributed by atoms with E-state index in [1.807, 2.05) is 6.92 Å². The zero-order valence-corrected chi connectivity index (χ0v) is 36.5. The van der Waals surface area contributed by atoms with Crippen molar-refractivity contribution < 1.29 is 48.1 Å². The van der Waals surface area contributed by atoms with Crippen molar-refractivity contribution in [2.45, 2.75) is 41.0 Å². The number of aromatic carboxylic acids is 1. The van der Waals surface area contributed by atoms with Crippen LogP contribution >= 0.6 is 0 Å². The van der Waals surface area contributed by atoms with Gasteiger partial charge in [0.1, 0.15) is 5.78 Å². The number of anilines is 1. The molecule has 0 fully saturated rings. The highest BCUT2D eigenvalue weighted by atomic mass is 16.5. The standard InChI is InChI=1S/C11H12N4O2.C10H10N4O2.C9H8N4O2.C6H8O4.C4H6N4/c1-3-17-10(16)9-7-8(2)14-15(9)11-12-5-4-6-13-11;1-7-6-8(9(15)16-2)13-14(7)10-11-4-3-5-12-10;1-6-5-7(8(14)15)13(12-6)9-10-3-2-4-11-9;1-4(7)3-5(8)6(9)10-2;5-8-4-6-2-1-3-7-4/h4-7H,3H2,1-2H3;3-6H,1-2H3;2-5H,1H3,(H,14,15);3H2,1-2H3;1-3H,5H2,(H,6,7,8). The fraction of sp³-hybridized carbons (Fsp3) is 0.225. The molecule has 0 amide bonds. The van der Waals surface area contributed by atoms with Gasteiger partial charge in [0, 0.05) is 55.3 Å². The molecule has 66 heavy (non-hydrogen) atoms. The summed E-state index contributed by atoms with van der Waals surface area (Å²) in [6.07, 6.45) is 12.3. The molecule has 0 bridgehead atoms. The summed E-state index contributed by atoms with van der Waals surface area (Å²) in [5.74, 6) is 2.39. The zero-order chi connectivity index (χ0) is 48.6. The number of carboxylic acids is 1. The van der Waals surface area contributed by atoms with Gasteiger partial charge in [-0.25, -0.2) is 69.6 Å². The fourth-order valence-corrected chi connectivity index (χ4v) is 4.68. The first-order valence-corrected chi connectivity index (χ1v) is 19.0. The van der Waals surface area contributed by atoms with E-state index >= 15 is 0 Å². The van der Waals surface area contributed by atoms with Crippen molar-refractivity contribution in [2.75, 3.05) is 26.3 Å². The number of hydrogen-bond donors (Lipinski definition) is 3. The summed E-state index contributed by atoms with van der Waals surface area (Å²) in [5.41, 5.74) is 5.02. The molecular weight excluding hydrogens is 865 g/mol. The van der Waals surface area contributed by atoms with Crippen molar-refractivity contribution >= 4 is 41.4 Å². The molecule has 7 rings (SSSR count). The van der Waals surface area contributed by atoms with Crippen LogP contribution in [0.2, 0.25) is 0 Å². The maximum absolute atomic E-state index is 11.7. The van der Waals surface area contributed by atoms with Crippen LogP contribution in [0.4, 0.5) is 5.95 Å². The van der Waals surface area contributed by atoms with E-state index in [0.29, 0.717) is 41.5 Å². The molecule has 0 unspecified atom stereocenters. The number of nitrogens with two attached hydrogens (primary N) is 1. The normalized spacial score (nSPS) is 9.76. The Morgan fingerprint density at radius 1 is 0.621 bits per heavy atom. The number of ether oxygens (including phenoxy) is 3. The first-order chi connectivity index (χ1) is 31.6. The lowest BCUT2D eigenvalue weighted by molar-refractivity contribution is -0.152. The molecule has 4 N–H and O–H groups in total. The van der Waals surface area contributed by atoms with E-state index in [-0.39, 0.29) is 29.5 Å². The number of nitrogen functional groups attached to an aromatic ring is 1. The van der Waals surface area contributed by atoms with Crippen LogP contribution in [-0.4, -0.2) is 131 Å². The molecule has 26 heteroatoms. The molecule has 0 aliphatic carbocycles. The van der Waals surface area contributed by atoms with E-state index in [9.17, 15) is 28.8 Å². The number of nitrogens with one attached hydrogen (secondary N) is 1. The molecule has 0 aliphatic heterocycles. The van der Waals surface area contributed by atoms with Crippen molar-refractivity contribution in [3.63, 3.8) is 0 Å². The number of Topliss-reactive ketones (excluding diaryl/α,β-unsaturated/α-hetero) is 2. The molecule has 26 nitrogen and oxygen atoms in total. The van der Waals surface area contributed by atoms with Gasteiger partial charge in [-0.05, 0) is 77.1 Å². The summed E-state index contributed by atoms with van der Waals surface area (Å²) < 4.78 is 17.7. The van der Waals surface area contributed by atoms with Crippen LogP contribution in [-0.2, 0) is 28.6 Å². The van der Waals surface area contributed by atoms with Gasteiger partial charge >= 0.3 is 23.9 Å². The first-order valence-electron chi connectivity index (χ1n) is 19.0. The maximum atomic E-state index is 11.7. The van der Waals surface area contributed by atoms with Gasteiger partial charge in [0.15, 0.2) is 17.1 Å². The average Bonchev–Trinajstić information content (AvgIpc) is 4.06. The molecular formula is C40H44N16O10. The Morgan fingerprint density at radius 3 is 1.45 bits per heavy atom. The highest BCUT2D eigenvalue weighted by molar-refractivity contribution is 6.36. The van der Waals surface area contributed by atoms with Crippen LogP contribution in [0.5, 0.6) is 0 Å². The molecule has 0 atom stereocenters. The van der Waals surface area contributed by atoms with Gasteiger partial charge in [0.2, 0.25) is 11.7 Å². The smallest absolute Gasteiger partial charge is 0.374 e. The Kier molecular flexibility index (Phi) is 20.5. The monoisotopic (exact) mass is 908 g/mol. The highest BCUT2D eigenvalue weighted by Crippen LogP contribution is 2.11. The lowest BCUT2D eigenvalue weighted by atomic mass is 10.2. The van der Waals surface area contributed by atoms with Crippen LogP contribution in [0.15, 0.2) is 92.0 Å². The second-order valence-electron chi connectivity index (χ2n) is 12.4. The van der Waals surface area contributed by atoms with Gasteiger partial charge < -0.3 is 19.3 Å². The number of carbonyl (C=O) groups is 6. The van der Waals surface area contributed by atoms with Crippen LogP contribution in [0.3, 0.4) is 0 Å². The number of aromatic nitrogens is 14. The third kappa shape index (κ3) is 16.0. The van der Waals surface area contributed by atoms with Crippen LogP contribution in [0.25, 0.3) is 17.8 Å². The Hall–Kier alpha value is -9.07. The van der Waals surface area contributed by atoms with Gasteiger partial charge in [-0.1, -0.05) is 0 Å². The number of nitrogens with zero attached hydrogens (tertiary/aromatic N) is 14. The van der Waals surface area contributed by atoms with Crippen LogP contribution < -0.4 is 11.3 Å². The molecule has 0 radical (unpaired) electrons. The number of hydrazine groups is 1. The number of methoxy groups -OCH3 is 2. The molecule has 0 spiro atoms. The van der Waals surface area contributed by atoms with Crippen molar-refractivity contribution in [3.8, 4) is 17.8 Å². The van der Waals surface area contributed by atoms with E-state index in [0.717, 1.165) is 12.8 Å². The predicted molar refractivity (Wildman–Crippen MR) is 228 cm³/mol. The average molecular weight is 909 g/mol. The third-order valence-electron chi connectivity index (χ3n) is 7.39. The van der Waals surface area contributed by atoms with Gasteiger partial charge in [-0.3, -0.25) is 15.0 Å². The van der Waals surface area contributed by atoms with E-state index in [4.69, 9.17) is 15.7 Å². The van der Waals surface area contributed by atoms with E-state index in [1.165, 1.54) is 46.5 Å². The largest absolute Gasteiger partial charge is 0.477 e. The summed E-state index contributed by atoms with van der Waals surface area (Å²) >= 11 is 0. The quantitative estimate of drug-likeness (QED) is 0.0417. The fourth-order valence-electron chi connectivity index (χ4n) is 4.68. The molecule has 0 saturated carbocycles. The van der Waals surface area contributed by atoms with E-state index < -0.39 is 29.7 Å².